The molecule has 1 aliphatic rings. The highest BCUT2D eigenvalue weighted by Crippen LogP contribution is 2.22. The van der Waals surface area contributed by atoms with Crippen molar-refractivity contribution < 1.29 is 9.53 Å². The van der Waals surface area contributed by atoms with Crippen molar-refractivity contribution >= 4 is 22.5 Å². The normalized spacial score (nSPS) is 13.8. The van der Waals surface area contributed by atoms with E-state index in [1.54, 1.807) is 64.3 Å². The van der Waals surface area contributed by atoms with Gasteiger partial charge in [0.05, 0.1) is 37.2 Å². The number of aromatic amines is 1. The van der Waals surface area contributed by atoms with Crippen molar-refractivity contribution in [1.82, 2.24) is 24.9 Å². The van der Waals surface area contributed by atoms with E-state index in [1.165, 1.54) is 0 Å². The molecule has 5 rings (SSSR count). The average Bonchev–Trinajstić information content (AvgIpc) is 3.33. The molecule has 32 heavy (non-hydrogen) atoms. The number of hydrogen-bond acceptors (Lipinski definition) is 5. The predicted molar refractivity (Wildman–Crippen MR) is 118 cm³/mol. The van der Waals surface area contributed by atoms with E-state index in [-0.39, 0.29) is 11.5 Å². The molecule has 2 aromatic heterocycles. The summed E-state index contributed by atoms with van der Waals surface area (Å²) in [5, 5.41) is 9.09. The largest absolute Gasteiger partial charge is 0.378 e. The highest BCUT2D eigenvalue weighted by Gasteiger charge is 2.18. The van der Waals surface area contributed by atoms with Gasteiger partial charge in [0, 0.05) is 24.2 Å². The van der Waals surface area contributed by atoms with Crippen LogP contribution in [0.1, 0.15) is 10.4 Å². The average molecular weight is 426 g/mol. The zero-order valence-corrected chi connectivity index (χ0v) is 17.0. The molecule has 3 heterocycles. The van der Waals surface area contributed by atoms with Gasteiger partial charge in [0.2, 0.25) is 0 Å². The van der Waals surface area contributed by atoms with Gasteiger partial charge >= 0.3 is 0 Å². The highest BCUT2D eigenvalue weighted by molar-refractivity contribution is 5.94. The number of fused-ring (bicyclic) bond motifs is 1. The zero-order chi connectivity index (χ0) is 22.1. The summed E-state index contributed by atoms with van der Waals surface area (Å²) in [5.41, 5.74) is 2.89. The number of nitrogens with zero attached hydrogens (tertiary/aromatic N) is 5. The number of rotatable bonds is 3. The van der Waals surface area contributed by atoms with Gasteiger partial charge in [-0.3, -0.25) is 9.59 Å². The summed E-state index contributed by atoms with van der Waals surface area (Å²) in [6, 6.07) is 14.0. The minimum absolute atomic E-state index is 0.0248. The lowest BCUT2D eigenvalue weighted by molar-refractivity contribution is 0.0303. The van der Waals surface area contributed by atoms with Crippen LogP contribution in [0.25, 0.3) is 32.7 Å². The van der Waals surface area contributed by atoms with E-state index in [9.17, 15) is 9.59 Å². The van der Waals surface area contributed by atoms with Gasteiger partial charge in [-0.05, 0) is 41.8 Å². The second-order valence-corrected chi connectivity index (χ2v) is 7.40. The van der Waals surface area contributed by atoms with Crippen LogP contribution in [0.4, 0.5) is 5.69 Å². The van der Waals surface area contributed by atoms with Gasteiger partial charge in [-0.1, -0.05) is 17.3 Å². The zero-order valence-electron chi connectivity index (χ0n) is 17.0. The number of carbonyl (C=O) groups is 1. The second-order valence-electron chi connectivity index (χ2n) is 7.40. The van der Waals surface area contributed by atoms with Crippen molar-refractivity contribution in [3.05, 3.63) is 82.1 Å². The van der Waals surface area contributed by atoms with E-state index in [0.717, 1.165) is 11.1 Å². The number of aromatic nitrogens is 4. The lowest BCUT2D eigenvalue weighted by Gasteiger charge is -2.26. The van der Waals surface area contributed by atoms with E-state index in [4.69, 9.17) is 11.3 Å². The number of carbonyl (C=O) groups excluding carboxylic acids is 1. The van der Waals surface area contributed by atoms with Gasteiger partial charge in [-0.25, -0.2) is 9.53 Å². The molecule has 158 valence electrons. The number of benzene rings is 2. The Hall–Kier alpha value is -4.29. The Morgan fingerprint density at radius 1 is 1.09 bits per heavy atom. The number of ether oxygens (including phenoxy) is 1. The van der Waals surface area contributed by atoms with Crippen LogP contribution in [-0.4, -0.2) is 57.1 Å². The van der Waals surface area contributed by atoms with Gasteiger partial charge in [0.15, 0.2) is 5.69 Å². The maximum Gasteiger partial charge on any atom is 0.257 e. The molecule has 1 saturated heterocycles. The van der Waals surface area contributed by atoms with Crippen LogP contribution in [0.3, 0.4) is 0 Å². The molecule has 0 saturated carbocycles. The van der Waals surface area contributed by atoms with Crippen LogP contribution in [-0.2, 0) is 4.74 Å². The van der Waals surface area contributed by atoms with Gasteiger partial charge in [0.25, 0.3) is 11.5 Å². The number of morpholine rings is 1. The molecule has 0 atom stereocenters. The molecule has 1 fully saturated rings. The van der Waals surface area contributed by atoms with Crippen LogP contribution in [0.15, 0.2) is 59.5 Å². The number of amides is 1. The molecule has 0 aliphatic carbocycles. The first kappa shape index (κ1) is 19.7. The lowest BCUT2D eigenvalue weighted by Crippen LogP contribution is -2.40. The number of H-pyrrole nitrogens is 1. The van der Waals surface area contributed by atoms with E-state index >= 15 is 0 Å². The third kappa shape index (κ3) is 3.64. The lowest BCUT2D eigenvalue weighted by atomic mass is 10.1. The van der Waals surface area contributed by atoms with Crippen molar-refractivity contribution in [2.45, 2.75) is 0 Å². The first-order chi connectivity index (χ1) is 15.6. The third-order valence-electron chi connectivity index (χ3n) is 5.41. The molecule has 4 aromatic rings. The fraction of sp³-hybridized carbons (Fsp3) is 0.174. The quantitative estimate of drug-likeness (QED) is 0.508. The molecule has 2 aromatic carbocycles. The van der Waals surface area contributed by atoms with Gasteiger partial charge < -0.3 is 14.6 Å². The van der Waals surface area contributed by atoms with Crippen LogP contribution in [0, 0.1) is 6.57 Å². The molecule has 1 amide bonds. The molecule has 0 bridgehead atoms. The molecule has 0 unspecified atom stereocenters. The standard InChI is InChI=1S/C23H18N6O3/c1-24-17-5-2-16-12-19(22(30)25-20(16)13-17)21-14-29(27-26-21)18-6-3-15(4-7-18)23(31)28-8-10-32-11-9-28/h2-7,12-14H,8-11H2,(H,25,30). The maximum absolute atomic E-state index is 12.6. The summed E-state index contributed by atoms with van der Waals surface area (Å²) >= 11 is 0. The third-order valence-corrected chi connectivity index (χ3v) is 5.41. The van der Waals surface area contributed by atoms with Crippen LogP contribution in [0.2, 0.25) is 0 Å². The maximum atomic E-state index is 12.6. The van der Waals surface area contributed by atoms with Crippen molar-refractivity contribution in [3.63, 3.8) is 0 Å². The Kier molecular flexibility index (Phi) is 4.97. The fourth-order valence-electron chi connectivity index (χ4n) is 3.67. The summed E-state index contributed by atoms with van der Waals surface area (Å²) in [6.45, 7) is 9.40. The summed E-state index contributed by atoms with van der Waals surface area (Å²) in [4.78, 5) is 33.2. The first-order valence-corrected chi connectivity index (χ1v) is 10.1. The molecule has 1 N–H and O–H groups in total. The molecule has 1 aliphatic heterocycles. The molecule has 0 radical (unpaired) electrons. The van der Waals surface area contributed by atoms with E-state index in [2.05, 4.69) is 20.1 Å². The second kappa shape index (κ2) is 8.09. The number of pyridine rings is 1. The minimum Gasteiger partial charge on any atom is -0.378 e. The van der Waals surface area contributed by atoms with Crippen LogP contribution < -0.4 is 5.56 Å². The smallest absolute Gasteiger partial charge is 0.257 e. The van der Waals surface area contributed by atoms with Gasteiger partial charge in [-0.2, -0.15) is 0 Å². The summed E-state index contributed by atoms with van der Waals surface area (Å²) in [5.74, 6) is -0.0248. The number of hydrogen-bond donors (Lipinski definition) is 1. The molecule has 0 spiro atoms. The van der Waals surface area contributed by atoms with E-state index in [0.29, 0.717) is 54.3 Å². The minimum atomic E-state index is -0.307. The van der Waals surface area contributed by atoms with Crippen molar-refractivity contribution in [2.24, 2.45) is 0 Å². The van der Waals surface area contributed by atoms with Gasteiger partial charge in [0.1, 0.15) is 5.69 Å². The van der Waals surface area contributed by atoms with E-state index in [1.807, 2.05) is 0 Å². The molecular weight excluding hydrogens is 408 g/mol. The van der Waals surface area contributed by atoms with Crippen LogP contribution in [0.5, 0.6) is 0 Å². The molecular formula is C23H18N6O3. The van der Waals surface area contributed by atoms with E-state index < -0.39 is 0 Å². The summed E-state index contributed by atoms with van der Waals surface area (Å²) in [6.07, 6.45) is 1.67. The predicted octanol–water partition coefficient (Wildman–Crippen LogP) is 2.80. The molecule has 9 nitrogen and oxygen atoms in total. The number of nitrogens with one attached hydrogen (secondary N) is 1. The van der Waals surface area contributed by atoms with Crippen molar-refractivity contribution in [3.8, 4) is 16.9 Å². The highest BCUT2D eigenvalue weighted by atomic mass is 16.5. The Morgan fingerprint density at radius 3 is 2.62 bits per heavy atom. The topological polar surface area (TPSA) is 97.5 Å². The fourth-order valence-corrected chi connectivity index (χ4v) is 3.67. The van der Waals surface area contributed by atoms with Crippen LogP contribution >= 0.6 is 0 Å². The molecule has 9 heteroatoms. The monoisotopic (exact) mass is 426 g/mol. The first-order valence-electron chi connectivity index (χ1n) is 10.1. The van der Waals surface area contributed by atoms with Gasteiger partial charge in [-0.15, -0.1) is 5.10 Å². The summed E-state index contributed by atoms with van der Waals surface area (Å²) < 4.78 is 6.85. The Bertz CT molecular complexity index is 1410. The Balaban J connectivity index is 1.41. The Labute approximate surface area is 182 Å². The Morgan fingerprint density at radius 2 is 1.88 bits per heavy atom. The summed E-state index contributed by atoms with van der Waals surface area (Å²) in [7, 11) is 0. The SMILES string of the molecule is [C-]#[N+]c1ccc2cc(-c3cn(-c4ccc(C(=O)N5CCOCC5)cc4)nn3)c(=O)[nH]c2c1. The van der Waals surface area contributed by atoms with Crippen molar-refractivity contribution in [1.29, 1.82) is 0 Å². The van der Waals surface area contributed by atoms with Crippen molar-refractivity contribution in [2.75, 3.05) is 26.3 Å².